The highest BCUT2D eigenvalue weighted by atomic mass is 35.5. The van der Waals surface area contributed by atoms with Crippen molar-refractivity contribution < 1.29 is 17.9 Å². The maximum atomic E-state index is 12.6. The topological polar surface area (TPSA) is 84.7 Å². The van der Waals surface area contributed by atoms with Gasteiger partial charge in [-0.25, -0.2) is 17.7 Å². The van der Waals surface area contributed by atoms with Gasteiger partial charge in [-0.05, 0) is 37.3 Å². The molecule has 0 atom stereocenters. The lowest BCUT2D eigenvalue weighted by atomic mass is 10.2. The van der Waals surface area contributed by atoms with Crippen LogP contribution in [0.15, 0.2) is 47.4 Å². The first kappa shape index (κ1) is 25.0. The number of imidazole rings is 1. The summed E-state index contributed by atoms with van der Waals surface area (Å²) in [6, 6.07) is 12.2. The molecule has 0 saturated heterocycles. The summed E-state index contributed by atoms with van der Waals surface area (Å²) in [4.78, 5) is 19.1. The van der Waals surface area contributed by atoms with E-state index in [4.69, 9.17) is 16.3 Å². The van der Waals surface area contributed by atoms with E-state index in [1.807, 2.05) is 23.6 Å². The van der Waals surface area contributed by atoms with Gasteiger partial charge in [0.15, 0.2) is 0 Å². The van der Waals surface area contributed by atoms with Gasteiger partial charge in [0.2, 0.25) is 15.9 Å². The molecule has 8 nitrogen and oxygen atoms in total. The van der Waals surface area contributed by atoms with Gasteiger partial charge >= 0.3 is 0 Å². The number of nitrogens with zero attached hydrogens (tertiary/aromatic N) is 4. The van der Waals surface area contributed by atoms with E-state index in [2.05, 4.69) is 4.98 Å². The molecular weight excluding hydrogens is 464 g/mol. The van der Waals surface area contributed by atoms with Crippen LogP contribution in [0.2, 0.25) is 5.02 Å². The van der Waals surface area contributed by atoms with Gasteiger partial charge < -0.3 is 14.2 Å². The van der Waals surface area contributed by atoms with Crippen LogP contribution in [0, 0.1) is 0 Å². The number of fused-ring (bicyclic) bond motifs is 1. The molecule has 0 saturated carbocycles. The Labute approximate surface area is 199 Å². The summed E-state index contributed by atoms with van der Waals surface area (Å²) in [6.45, 7) is 3.43. The molecule has 1 aromatic heterocycles. The van der Waals surface area contributed by atoms with E-state index in [1.165, 1.54) is 18.4 Å². The molecule has 0 unspecified atom stereocenters. The Bertz CT molecular complexity index is 1240. The molecule has 0 radical (unpaired) electrons. The Morgan fingerprint density at radius 3 is 2.55 bits per heavy atom. The van der Waals surface area contributed by atoms with Crippen LogP contribution in [0.3, 0.4) is 0 Å². The van der Waals surface area contributed by atoms with Gasteiger partial charge in [0.1, 0.15) is 18.2 Å². The minimum Gasteiger partial charge on any atom is -0.490 e. The number of aromatic nitrogens is 2. The number of halogens is 1. The zero-order chi connectivity index (χ0) is 24.2. The number of likely N-dealkylation sites (N-methyl/N-ethyl adjacent to an activating group) is 1. The van der Waals surface area contributed by atoms with Gasteiger partial charge in [-0.3, -0.25) is 4.79 Å². The molecule has 0 bridgehead atoms. The van der Waals surface area contributed by atoms with Crippen molar-refractivity contribution in [1.29, 1.82) is 0 Å². The molecular formula is C23H29ClN4O4S. The van der Waals surface area contributed by atoms with E-state index in [0.29, 0.717) is 42.4 Å². The second kappa shape index (κ2) is 10.5. The Morgan fingerprint density at radius 2 is 1.88 bits per heavy atom. The van der Waals surface area contributed by atoms with Crippen LogP contribution in [-0.2, 0) is 27.8 Å². The SMILES string of the molecule is CCn1c(CCC(=O)N(C)CCOc2ccccc2Cl)nc2cc(S(=O)(=O)N(C)C)ccc21. The van der Waals surface area contributed by atoms with E-state index in [0.717, 1.165) is 11.3 Å². The van der Waals surface area contributed by atoms with Crippen LogP contribution < -0.4 is 4.74 Å². The zero-order valence-corrected chi connectivity index (χ0v) is 20.9. The molecule has 33 heavy (non-hydrogen) atoms. The standard InChI is InChI=1S/C23H29ClN4O4S/c1-5-28-20-11-10-17(33(30,31)26(2)3)16-19(20)25-22(28)12-13-23(29)27(4)14-15-32-21-9-7-6-8-18(21)24/h6-11,16H,5,12-15H2,1-4H3. The molecule has 1 amide bonds. The highest BCUT2D eigenvalue weighted by Crippen LogP contribution is 2.24. The molecule has 0 N–H and O–H groups in total. The van der Waals surface area contributed by atoms with Crippen molar-refractivity contribution >= 4 is 38.6 Å². The highest BCUT2D eigenvalue weighted by Gasteiger charge is 2.20. The maximum absolute atomic E-state index is 12.6. The minimum atomic E-state index is -3.54. The molecule has 0 fully saturated rings. The maximum Gasteiger partial charge on any atom is 0.242 e. The zero-order valence-electron chi connectivity index (χ0n) is 19.3. The van der Waals surface area contributed by atoms with Crippen LogP contribution in [-0.4, -0.2) is 67.4 Å². The van der Waals surface area contributed by atoms with Gasteiger partial charge in [0, 0.05) is 40.5 Å². The summed E-state index contributed by atoms with van der Waals surface area (Å²) >= 11 is 6.08. The van der Waals surface area contributed by atoms with Crippen molar-refractivity contribution in [3.8, 4) is 5.75 Å². The lowest BCUT2D eigenvalue weighted by Crippen LogP contribution is -2.31. The molecule has 1 heterocycles. The van der Waals surface area contributed by atoms with Crippen LogP contribution in [0.4, 0.5) is 0 Å². The Morgan fingerprint density at radius 1 is 1.15 bits per heavy atom. The molecule has 2 aromatic carbocycles. The van der Waals surface area contributed by atoms with Crippen molar-refractivity contribution in [3.63, 3.8) is 0 Å². The van der Waals surface area contributed by atoms with Gasteiger partial charge in [-0.1, -0.05) is 23.7 Å². The summed E-state index contributed by atoms with van der Waals surface area (Å²) in [5.41, 5.74) is 1.45. The molecule has 0 aliphatic carbocycles. The number of para-hydroxylation sites is 1. The molecule has 10 heteroatoms. The number of sulfonamides is 1. The first-order chi connectivity index (χ1) is 15.6. The largest absolute Gasteiger partial charge is 0.490 e. The average Bonchev–Trinajstić information content (AvgIpc) is 3.15. The second-order valence-electron chi connectivity index (χ2n) is 7.80. The number of carbonyl (C=O) groups excluding carboxylic acids is 1. The van der Waals surface area contributed by atoms with E-state index >= 15 is 0 Å². The summed E-state index contributed by atoms with van der Waals surface area (Å²) in [5, 5.41) is 0.534. The summed E-state index contributed by atoms with van der Waals surface area (Å²) in [7, 11) is 1.19. The van der Waals surface area contributed by atoms with Gasteiger partial charge in [-0.2, -0.15) is 0 Å². The number of rotatable bonds is 10. The first-order valence-electron chi connectivity index (χ1n) is 10.7. The van der Waals surface area contributed by atoms with E-state index < -0.39 is 10.0 Å². The lowest BCUT2D eigenvalue weighted by Gasteiger charge is -2.18. The minimum absolute atomic E-state index is 0.0247. The van der Waals surface area contributed by atoms with E-state index in [-0.39, 0.29) is 17.2 Å². The number of hydrogen-bond donors (Lipinski definition) is 0. The molecule has 0 spiro atoms. The highest BCUT2D eigenvalue weighted by molar-refractivity contribution is 7.89. The number of carbonyl (C=O) groups is 1. The van der Waals surface area contributed by atoms with Crippen LogP contribution in [0.25, 0.3) is 11.0 Å². The fraction of sp³-hybridized carbons (Fsp3) is 0.391. The van der Waals surface area contributed by atoms with Crippen LogP contribution >= 0.6 is 11.6 Å². The third kappa shape index (κ3) is 5.66. The molecule has 0 aliphatic rings. The second-order valence-corrected chi connectivity index (χ2v) is 10.4. The van der Waals surface area contributed by atoms with Gasteiger partial charge in [-0.15, -0.1) is 0 Å². The predicted molar refractivity (Wildman–Crippen MR) is 129 cm³/mol. The number of amides is 1. The summed E-state index contributed by atoms with van der Waals surface area (Å²) in [6.07, 6.45) is 0.738. The number of ether oxygens (including phenoxy) is 1. The summed E-state index contributed by atoms with van der Waals surface area (Å²) in [5.74, 6) is 1.32. The van der Waals surface area contributed by atoms with E-state index in [1.54, 1.807) is 42.3 Å². The van der Waals surface area contributed by atoms with E-state index in [9.17, 15) is 13.2 Å². The Kier molecular flexibility index (Phi) is 7.99. The number of benzene rings is 2. The molecule has 3 aromatic rings. The third-order valence-corrected chi connectivity index (χ3v) is 7.53. The van der Waals surface area contributed by atoms with Gasteiger partial charge in [0.05, 0.1) is 27.5 Å². The lowest BCUT2D eigenvalue weighted by molar-refractivity contribution is -0.130. The van der Waals surface area contributed by atoms with Crippen molar-refractivity contribution in [2.24, 2.45) is 0 Å². The number of aryl methyl sites for hydroxylation is 2. The Hall–Kier alpha value is -2.62. The smallest absolute Gasteiger partial charge is 0.242 e. The van der Waals surface area contributed by atoms with Crippen LogP contribution in [0.1, 0.15) is 19.2 Å². The van der Waals surface area contributed by atoms with Crippen molar-refractivity contribution in [1.82, 2.24) is 18.8 Å². The Balaban J connectivity index is 1.64. The summed E-state index contributed by atoms with van der Waals surface area (Å²) < 4.78 is 33.7. The molecule has 0 aliphatic heterocycles. The average molecular weight is 493 g/mol. The fourth-order valence-electron chi connectivity index (χ4n) is 3.46. The normalized spacial score (nSPS) is 11.8. The van der Waals surface area contributed by atoms with Crippen molar-refractivity contribution in [2.45, 2.75) is 31.2 Å². The molecule has 178 valence electrons. The number of hydrogen-bond acceptors (Lipinski definition) is 5. The first-order valence-corrected chi connectivity index (χ1v) is 12.5. The fourth-order valence-corrected chi connectivity index (χ4v) is 4.58. The monoisotopic (exact) mass is 492 g/mol. The quantitative estimate of drug-likeness (QED) is 0.433. The van der Waals surface area contributed by atoms with Crippen molar-refractivity contribution in [2.75, 3.05) is 34.3 Å². The van der Waals surface area contributed by atoms with Gasteiger partial charge in [0.25, 0.3) is 0 Å². The predicted octanol–water partition coefficient (Wildman–Crippen LogP) is 3.43. The molecule has 3 rings (SSSR count). The van der Waals surface area contributed by atoms with Crippen molar-refractivity contribution in [3.05, 3.63) is 53.3 Å². The third-order valence-electron chi connectivity index (χ3n) is 5.40. The van der Waals surface area contributed by atoms with Crippen LogP contribution in [0.5, 0.6) is 5.75 Å².